The highest BCUT2D eigenvalue weighted by Gasteiger charge is 2.21. The summed E-state index contributed by atoms with van der Waals surface area (Å²) in [6.07, 6.45) is 5.45. The van der Waals surface area contributed by atoms with E-state index in [1.54, 1.807) is 11.0 Å². The minimum absolute atomic E-state index is 0.000302. The van der Waals surface area contributed by atoms with Gasteiger partial charge in [-0.15, -0.1) is 0 Å². The van der Waals surface area contributed by atoms with Crippen molar-refractivity contribution in [3.63, 3.8) is 0 Å². The fourth-order valence-electron chi connectivity index (χ4n) is 3.03. The zero-order chi connectivity index (χ0) is 17.6. The summed E-state index contributed by atoms with van der Waals surface area (Å²) in [5.41, 5.74) is 1.54. The van der Waals surface area contributed by atoms with Crippen LogP contribution in [0.25, 0.3) is 0 Å². The van der Waals surface area contributed by atoms with E-state index in [1.807, 2.05) is 36.1 Å². The van der Waals surface area contributed by atoms with Gasteiger partial charge in [0.1, 0.15) is 12.7 Å². The van der Waals surface area contributed by atoms with Crippen LogP contribution in [0.1, 0.15) is 42.1 Å². The monoisotopic (exact) mass is 341 g/mol. The van der Waals surface area contributed by atoms with Crippen molar-refractivity contribution in [3.05, 3.63) is 48.0 Å². The van der Waals surface area contributed by atoms with Crippen molar-refractivity contribution >= 4 is 11.8 Å². The van der Waals surface area contributed by atoms with Gasteiger partial charge in [0.2, 0.25) is 5.91 Å². The molecule has 1 saturated heterocycles. The number of hydrogen-bond donors (Lipinski definition) is 1. The molecule has 2 amide bonds. The Labute approximate surface area is 147 Å². The Hall–Kier alpha value is -2.70. The molecule has 1 aromatic carbocycles. The van der Waals surface area contributed by atoms with Crippen LogP contribution in [0.15, 0.2) is 36.9 Å². The van der Waals surface area contributed by atoms with Gasteiger partial charge in [0.25, 0.3) is 5.91 Å². The third-order valence-corrected chi connectivity index (χ3v) is 4.44. The molecule has 2 heterocycles. The average Bonchev–Trinajstić information content (AvgIpc) is 3.25. The molecule has 0 aliphatic carbocycles. The van der Waals surface area contributed by atoms with E-state index in [2.05, 4.69) is 15.4 Å². The van der Waals surface area contributed by atoms with Gasteiger partial charge in [0, 0.05) is 31.1 Å². The van der Waals surface area contributed by atoms with Crippen LogP contribution in [0.3, 0.4) is 0 Å². The Morgan fingerprint density at radius 2 is 2.20 bits per heavy atom. The number of carbonyl (C=O) groups is 2. The maximum atomic E-state index is 12.6. The second-order valence-electron chi connectivity index (χ2n) is 6.40. The van der Waals surface area contributed by atoms with Crippen LogP contribution in [0.5, 0.6) is 0 Å². The van der Waals surface area contributed by atoms with Crippen molar-refractivity contribution < 1.29 is 9.59 Å². The van der Waals surface area contributed by atoms with Crippen molar-refractivity contribution in [2.75, 3.05) is 13.1 Å². The standard InChI is InChI=1S/C18H23N5O2/c1-14(8-10-22-9-4-7-17(22)24)21-18(25)16-6-3-2-5-15(16)11-23-13-19-12-20-23/h2-3,5-6,12-14H,4,7-11H2,1H3,(H,21,25). The number of benzene rings is 1. The minimum atomic E-state index is -0.101. The lowest BCUT2D eigenvalue weighted by atomic mass is 10.1. The number of aromatic nitrogens is 3. The molecule has 1 N–H and O–H groups in total. The van der Waals surface area contributed by atoms with Crippen molar-refractivity contribution in [3.8, 4) is 0 Å². The predicted octanol–water partition coefficient (Wildman–Crippen LogP) is 1.46. The first-order chi connectivity index (χ1) is 12.1. The quantitative estimate of drug-likeness (QED) is 0.827. The number of rotatable bonds is 7. The van der Waals surface area contributed by atoms with Gasteiger partial charge in [-0.3, -0.25) is 9.59 Å². The molecule has 1 aliphatic rings. The molecule has 7 nitrogen and oxygen atoms in total. The molecule has 1 aliphatic heterocycles. The Morgan fingerprint density at radius 1 is 1.36 bits per heavy atom. The fourth-order valence-corrected chi connectivity index (χ4v) is 3.03. The molecular weight excluding hydrogens is 318 g/mol. The summed E-state index contributed by atoms with van der Waals surface area (Å²) in [6, 6.07) is 7.50. The number of nitrogens with one attached hydrogen (secondary N) is 1. The van der Waals surface area contributed by atoms with E-state index in [1.165, 1.54) is 6.33 Å². The maximum Gasteiger partial charge on any atom is 0.251 e. The van der Waals surface area contributed by atoms with Gasteiger partial charge < -0.3 is 10.2 Å². The van der Waals surface area contributed by atoms with Crippen LogP contribution in [0.2, 0.25) is 0 Å². The SMILES string of the molecule is CC(CCN1CCCC1=O)NC(=O)c1ccccc1Cn1cncn1. The van der Waals surface area contributed by atoms with Gasteiger partial charge in [0.05, 0.1) is 6.54 Å². The molecule has 2 aromatic rings. The van der Waals surface area contributed by atoms with E-state index in [4.69, 9.17) is 0 Å². The van der Waals surface area contributed by atoms with E-state index >= 15 is 0 Å². The van der Waals surface area contributed by atoms with Crippen LogP contribution < -0.4 is 5.32 Å². The molecule has 3 rings (SSSR count). The summed E-state index contributed by atoms with van der Waals surface area (Å²) in [7, 11) is 0. The van der Waals surface area contributed by atoms with Gasteiger partial charge in [-0.2, -0.15) is 5.10 Å². The van der Waals surface area contributed by atoms with Gasteiger partial charge >= 0.3 is 0 Å². The number of hydrogen-bond acceptors (Lipinski definition) is 4. The predicted molar refractivity (Wildman–Crippen MR) is 92.9 cm³/mol. The van der Waals surface area contributed by atoms with Crippen molar-refractivity contribution in [1.82, 2.24) is 25.0 Å². The number of carbonyl (C=O) groups excluding carboxylic acids is 2. The van der Waals surface area contributed by atoms with E-state index < -0.39 is 0 Å². The summed E-state index contributed by atoms with van der Waals surface area (Å²) in [6.45, 7) is 4.00. The molecule has 1 aromatic heterocycles. The lowest BCUT2D eigenvalue weighted by Gasteiger charge is -2.20. The zero-order valence-electron chi connectivity index (χ0n) is 14.4. The van der Waals surface area contributed by atoms with Gasteiger partial charge in [-0.05, 0) is 31.4 Å². The third-order valence-electron chi connectivity index (χ3n) is 4.44. The Kier molecular flexibility index (Phi) is 5.42. The van der Waals surface area contributed by atoms with Crippen LogP contribution in [0.4, 0.5) is 0 Å². The second kappa shape index (κ2) is 7.92. The largest absolute Gasteiger partial charge is 0.350 e. The van der Waals surface area contributed by atoms with Crippen LogP contribution in [-0.4, -0.2) is 50.6 Å². The summed E-state index contributed by atoms with van der Waals surface area (Å²) in [4.78, 5) is 30.1. The van der Waals surface area contributed by atoms with Gasteiger partial charge in [-0.25, -0.2) is 9.67 Å². The zero-order valence-corrected chi connectivity index (χ0v) is 14.4. The molecule has 1 fully saturated rings. The highest BCUT2D eigenvalue weighted by molar-refractivity contribution is 5.95. The van der Waals surface area contributed by atoms with Crippen LogP contribution in [-0.2, 0) is 11.3 Å². The molecule has 1 unspecified atom stereocenters. The van der Waals surface area contributed by atoms with E-state index in [-0.39, 0.29) is 17.9 Å². The highest BCUT2D eigenvalue weighted by atomic mass is 16.2. The minimum Gasteiger partial charge on any atom is -0.350 e. The molecule has 7 heteroatoms. The highest BCUT2D eigenvalue weighted by Crippen LogP contribution is 2.12. The van der Waals surface area contributed by atoms with Crippen molar-refractivity contribution in [2.24, 2.45) is 0 Å². The lowest BCUT2D eigenvalue weighted by molar-refractivity contribution is -0.127. The number of nitrogens with zero attached hydrogens (tertiary/aromatic N) is 4. The number of amides is 2. The first kappa shape index (κ1) is 17.1. The topological polar surface area (TPSA) is 80.1 Å². The van der Waals surface area contributed by atoms with Crippen LogP contribution >= 0.6 is 0 Å². The summed E-state index contributed by atoms with van der Waals surface area (Å²) < 4.78 is 1.69. The van der Waals surface area contributed by atoms with Gasteiger partial charge in [0.15, 0.2) is 0 Å². The number of likely N-dealkylation sites (tertiary alicyclic amines) is 1. The third kappa shape index (κ3) is 4.43. The molecule has 0 saturated carbocycles. The first-order valence-electron chi connectivity index (χ1n) is 8.62. The molecular formula is C18H23N5O2. The Bertz CT molecular complexity index is 729. The normalized spacial score (nSPS) is 15.4. The Morgan fingerprint density at radius 3 is 2.92 bits per heavy atom. The summed E-state index contributed by atoms with van der Waals surface area (Å²) in [5, 5.41) is 7.12. The molecule has 132 valence electrons. The maximum absolute atomic E-state index is 12.6. The first-order valence-corrected chi connectivity index (χ1v) is 8.62. The smallest absolute Gasteiger partial charge is 0.251 e. The molecule has 1 atom stereocenters. The van der Waals surface area contributed by atoms with Gasteiger partial charge in [-0.1, -0.05) is 18.2 Å². The second-order valence-corrected chi connectivity index (χ2v) is 6.40. The summed E-state index contributed by atoms with van der Waals surface area (Å²) >= 11 is 0. The lowest BCUT2D eigenvalue weighted by Crippen LogP contribution is -2.37. The fraction of sp³-hybridized carbons (Fsp3) is 0.444. The molecule has 0 spiro atoms. The van der Waals surface area contributed by atoms with E-state index in [0.717, 1.165) is 24.9 Å². The van der Waals surface area contributed by atoms with Crippen LogP contribution in [0, 0.1) is 0 Å². The van der Waals surface area contributed by atoms with E-state index in [9.17, 15) is 9.59 Å². The van der Waals surface area contributed by atoms with E-state index in [0.29, 0.717) is 25.1 Å². The van der Waals surface area contributed by atoms with Crippen molar-refractivity contribution in [2.45, 2.75) is 38.8 Å². The molecule has 0 bridgehead atoms. The average molecular weight is 341 g/mol. The molecule has 0 radical (unpaired) electrons. The van der Waals surface area contributed by atoms with Crippen molar-refractivity contribution in [1.29, 1.82) is 0 Å². The summed E-state index contributed by atoms with van der Waals surface area (Å²) in [5.74, 6) is 0.118. The molecule has 25 heavy (non-hydrogen) atoms. The Balaban J connectivity index is 1.58.